The van der Waals surface area contributed by atoms with E-state index in [0.717, 1.165) is 72.1 Å². The Morgan fingerprint density at radius 1 is 0.377 bits per heavy atom. The number of hydrogen-bond donors (Lipinski definition) is 0. The quantitative estimate of drug-likeness (QED) is 0.168. The van der Waals surface area contributed by atoms with Gasteiger partial charge in [-0.05, 0) is 112 Å². The highest BCUT2D eigenvalue weighted by Crippen LogP contribution is 2.54. The van der Waals surface area contributed by atoms with Crippen LogP contribution in [0.1, 0.15) is 30.5 Å². The predicted octanol–water partition coefficient (Wildman–Crippen LogP) is 16.6. The second-order valence-electron chi connectivity index (χ2n) is 16.9. The largest absolute Gasteiger partial charge is 0.455 e. The number of aryl methyl sites for hydroxylation is 1. The van der Waals surface area contributed by atoms with E-state index < -0.39 is 0 Å². The molecule has 11 aromatic rings. The minimum atomic E-state index is -0.236. The van der Waals surface area contributed by atoms with Crippen LogP contribution in [-0.2, 0) is 5.41 Å². The van der Waals surface area contributed by atoms with Crippen LogP contribution in [0.25, 0.3) is 88.4 Å². The first-order valence-electron chi connectivity index (χ1n) is 21.1. The minimum absolute atomic E-state index is 0.236. The molecule has 1 aliphatic carbocycles. The zero-order valence-electron chi connectivity index (χ0n) is 34.2. The number of nitrogens with zero attached hydrogens (tertiary/aromatic N) is 1. The lowest BCUT2D eigenvalue weighted by Gasteiger charge is -2.28. The molecule has 0 bridgehead atoms. The van der Waals surface area contributed by atoms with Crippen LogP contribution in [0.2, 0.25) is 0 Å². The summed E-state index contributed by atoms with van der Waals surface area (Å²) in [6.07, 6.45) is 0. The van der Waals surface area contributed by atoms with Crippen LogP contribution < -0.4 is 4.90 Å². The van der Waals surface area contributed by atoms with Gasteiger partial charge in [-0.25, -0.2) is 0 Å². The molecule has 0 atom stereocenters. The molecule has 61 heavy (non-hydrogen) atoms. The van der Waals surface area contributed by atoms with E-state index >= 15 is 0 Å². The first-order chi connectivity index (χ1) is 29.9. The van der Waals surface area contributed by atoms with Crippen molar-refractivity contribution in [1.82, 2.24) is 0 Å². The van der Waals surface area contributed by atoms with Gasteiger partial charge < -0.3 is 13.7 Å². The summed E-state index contributed by atoms with van der Waals surface area (Å²) in [5, 5.41) is 4.58. The summed E-state index contributed by atoms with van der Waals surface area (Å²) >= 11 is 0. The van der Waals surface area contributed by atoms with Crippen LogP contribution >= 0.6 is 0 Å². The smallest absolute Gasteiger partial charge is 0.143 e. The van der Waals surface area contributed by atoms with Crippen molar-refractivity contribution in [3.05, 3.63) is 211 Å². The Morgan fingerprint density at radius 3 is 1.69 bits per heavy atom. The molecule has 12 rings (SSSR count). The maximum Gasteiger partial charge on any atom is 0.143 e. The molecule has 9 aromatic carbocycles. The number of anilines is 3. The highest BCUT2D eigenvalue weighted by Gasteiger charge is 2.38. The molecular formula is C58H41NO2. The van der Waals surface area contributed by atoms with Crippen molar-refractivity contribution in [3.8, 4) is 44.5 Å². The molecule has 0 spiro atoms. The maximum absolute atomic E-state index is 6.62. The lowest BCUT2D eigenvalue weighted by molar-refractivity contribution is 0.653. The predicted molar refractivity (Wildman–Crippen MR) is 254 cm³/mol. The van der Waals surface area contributed by atoms with E-state index in [1.807, 2.05) is 18.2 Å². The minimum Gasteiger partial charge on any atom is -0.455 e. The standard InChI is InChI=1S/C58H41NO2/c1-36-12-4-5-15-44(36)40-14-10-13-39(34-40)37-22-26-41(27-23-37)59(42-28-24-38(25-29-42)45-18-11-19-48-46-16-6-8-20-53(46)60-56(45)48)43-30-31-50-52(35-43)58(2,3)51-33-32-49-47-17-7-9-21-54(47)61-57(49)55(50)51/h4-35H,1-3H3. The molecule has 0 fully saturated rings. The molecule has 0 N–H and O–H groups in total. The summed E-state index contributed by atoms with van der Waals surface area (Å²) in [6.45, 7) is 6.86. The van der Waals surface area contributed by atoms with Crippen molar-refractivity contribution >= 4 is 60.9 Å². The summed E-state index contributed by atoms with van der Waals surface area (Å²) in [6, 6.07) is 70.0. The van der Waals surface area contributed by atoms with Crippen molar-refractivity contribution in [2.75, 3.05) is 4.90 Å². The number of para-hydroxylation sites is 3. The van der Waals surface area contributed by atoms with Crippen LogP contribution in [0, 0.1) is 6.92 Å². The van der Waals surface area contributed by atoms with Crippen LogP contribution in [-0.4, -0.2) is 0 Å². The lowest BCUT2D eigenvalue weighted by atomic mass is 9.82. The van der Waals surface area contributed by atoms with Crippen LogP contribution in [0.15, 0.2) is 203 Å². The van der Waals surface area contributed by atoms with Crippen LogP contribution in [0.3, 0.4) is 0 Å². The third-order valence-electron chi connectivity index (χ3n) is 13.0. The lowest BCUT2D eigenvalue weighted by Crippen LogP contribution is -2.16. The third-order valence-corrected chi connectivity index (χ3v) is 13.0. The van der Waals surface area contributed by atoms with Crippen molar-refractivity contribution in [3.63, 3.8) is 0 Å². The summed E-state index contributed by atoms with van der Waals surface area (Å²) in [4.78, 5) is 2.38. The molecule has 2 aromatic heterocycles. The van der Waals surface area contributed by atoms with Crippen molar-refractivity contribution in [2.24, 2.45) is 0 Å². The summed E-state index contributed by atoms with van der Waals surface area (Å²) in [5.41, 5.74) is 20.0. The molecule has 3 nitrogen and oxygen atoms in total. The SMILES string of the molecule is Cc1ccccc1-c1cccc(-c2ccc(N(c3ccc(-c4cccc5c4oc4ccccc45)cc3)c3ccc4c(c3)C(C)(C)c3ccc5c(oc6ccccc65)c3-4)cc2)c1. The molecule has 0 saturated heterocycles. The fraction of sp³-hybridized carbons (Fsp3) is 0.0690. The monoisotopic (exact) mass is 783 g/mol. The van der Waals surface area contributed by atoms with Crippen molar-refractivity contribution < 1.29 is 8.83 Å². The number of benzene rings is 9. The Kier molecular flexibility index (Phi) is 7.79. The zero-order chi connectivity index (χ0) is 40.8. The topological polar surface area (TPSA) is 29.5 Å². The van der Waals surface area contributed by atoms with Gasteiger partial charge in [0.1, 0.15) is 22.3 Å². The van der Waals surface area contributed by atoms with Gasteiger partial charge in [0.25, 0.3) is 0 Å². The van der Waals surface area contributed by atoms with Crippen LogP contribution in [0.4, 0.5) is 17.1 Å². The van der Waals surface area contributed by atoms with E-state index in [4.69, 9.17) is 8.83 Å². The molecule has 0 unspecified atom stereocenters. The Bertz CT molecular complexity index is 3510. The van der Waals surface area contributed by atoms with E-state index in [-0.39, 0.29) is 5.41 Å². The molecule has 290 valence electrons. The Balaban J connectivity index is 0.980. The van der Waals surface area contributed by atoms with E-state index in [1.54, 1.807) is 0 Å². The van der Waals surface area contributed by atoms with Gasteiger partial charge in [0.15, 0.2) is 0 Å². The fourth-order valence-electron chi connectivity index (χ4n) is 9.91. The van der Waals surface area contributed by atoms with Gasteiger partial charge >= 0.3 is 0 Å². The van der Waals surface area contributed by atoms with Gasteiger partial charge in [0.2, 0.25) is 0 Å². The van der Waals surface area contributed by atoms with Gasteiger partial charge in [-0.3, -0.25) is 0 Å². The molecule has 1 aliphatic rings. The summed E-state index contributed by atoms with van der Waals surface area (Å²) in [5.74, 6) is 0. The molecule has 0 saturated carbocycles. The first kappa shape index (κ1) is 35.3. The van der Waals surface area contributed by atoms with Crippen molar-refractivity contribution in [2.45, 2.75) is 26.2 Å². The zero-order valence-corrected chi connectivity index (χ0v) is 34.2. The molecule has 2 heterocycles. The number of hydrogen-bond acceptors (Lipinski definition) is 3. The van der Waals surface area contributed by atoms with Gasteiger partial charge in [-0.15, -0.1) is 0 Å². The fourth-order valence-corrected chi connectivity index (χ4v) is 9.91. The molecule has 3 heteroatoms. The van der Waals surface area contributed by atoms with Gasteiger partial charge in [0, 0.05) is 55.1 Å². The average Bonchev–Trinajstić information content (AvgIpc) is 3.95. The van der Waals surface area contributed by atoms with E-state index in [1.165, 1.54) is 50.1 Å². The number of furan rings is 2. The van der Waals surface area contributed by atoms with E-state index in [0.29, 0.717) is 0 Å². The highest BCUT2D eigenvalue weighted by atomic mass is 16.3. The summed E-state index contributed by atoms with van der Waals surface area (Å²) < 4.78 is 13.1. The van der Waals surface area contributed by atoms with Gasteiger partial charge in [-0.1, -0.05) is 153 Å². The number of rotatable bonds is 6. The molecule has 0 aliphatic heterocycles. The Hall–Kier alpha value is -7.62. The second-order valence-corrected chi connectivity index (χ2v) is 16.9. The Labute approximate surface area is 354 Å². The maximum atomic E-state index is 6.62. The van der Waals surface area contributed by atoms with E-state index in [9.17, 15) is 0 Å². The number of fused-ring (bicyclic) bond motifs is 10. The third kappa shape index (κ3) is 5.51. The van der Waals surface area contributed by atoms with Crippen LogP contribution in [0.5, 0.6) is 0 Å². The molecular weight excluding hydrogens is 743 g/mol. The Morgan fingerprint density at radius 2 is 0.951 bits per heavy atom. The summed E-state index contributed by atoms with van der Waals surface area (Å²) in [7, 11) is 0. The average molecular weight is 784 g/mol. The molecule has 0 radical (unpaired) electrons. The van der Waals surface area contributed by atoms with E-state index in [2.05, 4.69) is 202 Å². The van der Waals surface area contributed by atoms with Crippen molar-refractivity contribution in [1.29, 1.82) is 0 Å². The second kappa shape index (κ2) is 13.5. The van der Waals surface area contributed by atoms with Gasteiger partial charge in [-0.2, -0.15) is 0 Å². The first-order valence-corrected chi connectivity index (χ1v) is 21.1. The normalized spacial score (nSPS) is 13.0. The highest BCUT2D eigenvalue weighted by molar-refractivity contribution is 6.12. The van der Waals surface area contributed by atoms with Gasteiger partial charge in [0.05, 0.1) is 0 Å². The molecule has 0 amide bonds.